The minimum atomic E-state index is 0.0580. The van der Waals surface area contributed by atoms with E-state index in [4.69, 9.17) is 23.7 Å². The van der Waals surface area contributed by atoms with Crippen molar-refractivity contribution in [1.29, 1.82) is 0 Å². The molecule has 0 bridgehead atoms. The summed E-state index contributed by atoms with van der Waals surface area (Å²) in [6.07, 6.45) is 4.05. The van der Waals surface area contributed by atoms with E-state index in [1.807, 2.05) is 35.2 Å². The minimum absolute atomic E-state index is 0.0580. The number of fused-ring (bicyclic) bond motifs is 1. The molecule has 2 heterocycles. The monoisotopic (exact) mass is 602 g/mol. The third kappa shape index (κ3) is 8.60. The average Bonchev–Trinajstić information content (AvgIpc) is 3.07. The summed E-state index contributed by atoms with van der Waals surface area (Å²) in [6.45, 7) is 5.25. The Bertz CT molecular complexity index is 1330. The number of piperidine rings is 1. The van der Waals surface area contributed by atoms with Gasteiger partial charge in [-0.1, -0.05) is 42.5 Å². The first-order valence-electron chi connectivity index (χ1n) is 15.8. The Labute approximate surface area is 261 Å². The number of nitrogens with zero attached hydrogens (tertiary/aromatic N) is 1. The number of anilines is 1. The van der Waals surface area contributed by atoms with Gasteiger partial charge in [0.15, 0.2) is 0 Å². The van der Waals surface area contributed by atoms with Crippen LogP contribution in [-0.2, 0) is 38.5 Å². The van der Waals surface area contributed by atoms with Crippen molar-refractivity contribution in [2.24, 2.45) is 0 Å². The summed E-state index contributed by atoms with van der Waals surface area (Å²) in [7, 11) is 3.39. The number of nitrogens with one attached hydrogen (secondary N) is 1. The van der Waals surface area contributed by atoms with E-state index in [9.17, 15) is 4.79 Å². The molecule has 0 spiro atoms. The maximum Gasteiger partial charge on any atom is 0.227 e. The number of methoxy groups -OCH3 is 2. The third-order valence-electron chi connectivity index (χ3n) is 8.48. The number of hydrogen-bond acceptors (Lipinski definition) is 7. The van der Waals surface area contributed by atoms with E-state index in [2.05, 4.69) is 41.7 Å². The van der Waals surface area contributed by atoms with E-state index in [1.54, 1.807) is 14.2 Å². The first-order valence-corrected chi connectivity index (χ1v) is 15.8. The van der Waals surface area contributed by atoms with Crippen LogP contribution in [0.3, 0.4) is 0 Å². The Hall–Kier alpha value is -3.43. The molecule has 2 aliphatic heterocycles. The Morgan fingerprint density at radius 1 is 0.932 bits per heavy atom. The van der Waals surface area contributed by atoms with Gasteiger partial charge in [-0.15, -0.1) is 0 Å². The summed E-state index contributed by atoms with van der Waals surface area (Å²) in [4.78, 5) is 14.6. The molecular formula is C36H46N2O6. The van der Waals surface area contributed by atoms with E-state index < -0.39 is 0 Å². The second-order valence-electron chi connectivity index (χ2n) is 11.4. The fourth-order valence-electron chi connectivity index (χ4n) is 6.10. The maximum atomic E-state index is 12.7. The summed E-state index contributed by atoms with van der Waals surface area (Å²) in [5.74, 6) is 2.22. The number of benzene rings is 3. The number of aryl methyl sites for hydroxylation is 1. The van der Waals surface area contributed by atoms with E-state index in [0.717, 1.165) is 67.1 Å². The van der Waals surface area contributed by atoms with Crippen LogP contribution in [0.25, 0.3) is 0 Å². The number of ether oxygens (including phenoxy) is 5. The largest absolute Gasteiger partial charge is 0.496 e. The summed E-state index contributed by atoms with van der Waals surface area (Å²) < 4.78 is 28.9. The lowest BCUT2D eigenvalue weighted by Gasteiger charge is -2.33. The molecule has 1 fully saturated rings. The van der Waals surface area contributed by atoms with E-state index in [1.165, 1.54) is 11.1 Å². The van der Waals surface area contributed by atoms with Crippen molar-refractivity contribution in [3.05, 3.63) is 89.0 Å². The first-order chi connectivity index (χ1) is 21.7. The molecule has 3 aromatic carbocycles. The van der Waals surface area contributed by atoms with Crippen LogP contribution in [0, 0.1) is 0 Å². The van der Waals surface area contributed by atoms with E-state index in [-0.39, 0.29) is 12.0 Å². The van der Waals surface area contributed by atoms with Gasteiger partial charge in [-0.25, -0.2) is 0 Å². The molecule has 0 aliphatic carbocycles. The molecule has 0 saturated carbocycles. The number of para-hydroxylation sites is 1. The van der Waals surface area contributed by atoms with Crippen molar-refractivity contribution in [2.45, 2.75) is 50.7 Å². The van der Waals surface area contributed by atoms with Crippen molar-refractivity contribution in [1.82, 2.24) is 5.32 Å². The number of rotatable bonds is 16. The molecule has 0 aromatic heterocycles. The van der Waals surface area contributed by atoms with E-state index >= 15 is 0 Å². The van der Waals surface area contributed by atoms with Crippen LogP contribution in [-0.4, -0.2) is 72.3 Å². The van der Waals surface area contributed by atoms with Crippen molar-refractivity contribution in [3.8, 4) is 11.5 Å². The average molecular weight is 603 g/mol. The zero-order valence-corrected chi connectivity index (χ0v) is 26.1. The van der Waals surface area contributed by atoms with Crippen molar-refractivity contribution >= 4 is 11.6 Å². The predicted octanol–water partition coefficient (Wildman–Crippen LogP) is 5.31. The lowest BCUT2D eigenvalue weighted by Crippen LogP contribution is -2.41. The molecule has 1 amide bonds. The van der Waals surface area contributed by atoms with Gasteiger partial charge in [0.25, 0.3) is 0 Å². The van der Waals surface area contributed by atoms with E-state index in [0.29, 0.717) is 51.9 Å². The van der Waals surface area contributed by atoms with Crippen molar-refractivity contribution < 1.29 is 28.5 Å². The highest BCUT2D eigenvalue weighted by Crippen LogP contribution is 2.32. The molecule has 1 saturated heterocycles. The summed E-state index contributed by atoms with van der Waals surface area (Å²) >= 11 is 0. The van der Waals surface area contributed by atoms with Crippen molar-refractivity contribution in [2.75, 3.05) is 65.2 Å². The number of carbonyl (C=O) groups is 1. The van der Waals surface area contributed by atoms with Gasteiger partial charge in [-0.3, -0.25) is 4.79 Å². The normalized spacial score (nSPS) is 18.2. The Balaban J connectivity index is 1.10. The summed E-state index contributed by atoms with van der Waals surface area (Å²) in [5, 5.41) is 3.50. The van der Waals surface area contributed by atoms with Crippen LogP contribution in [0.2, 0.25) is 0 Å². The van der Waals surface area contributed by atoms with Gasteiger partial charge < -0.3 is 33.9 Å². The molecule has 1 N–H and O–H groups in total. The van der Waals surface area contributed by atoms with Gasteiger partial charge in [-0.05, 0) is 78.7 Å². The molecule has 3 aromatic rings. The van der Waals surface area contributed by atoms with Gasteiger partial charge in [0.1, 0.15) is 18.1 Å². The van der Waals surface area contributed by atoms with Crippen LogP contribution in [0.4, 0.5) is 5.69 Å². The van der Waals surface area contributed by atoms with Crippen LogP contribution < -0.4 is 19.7 Å². The number of hydrogen-bond donors (Lipinski definition) is 1. The highest BCUT2D eigenvalue weighted by molar-refractivity contribution is 5.96. The summed E-state index contributed by atoms with van der Waals surface area (Å²) in [5.41, 5.74) is 5.75. The molecule has 236 valence electrons. The SMILES string of the molecule is COCCCN1C(=O)CCc2ccc(CO[C@H]3CNCC[C@@H]3c3ccc(OCCOCCc4ccccc4OC)cc3)cc21. The Kier molecular flexibility index (Phi) is 12.1. The zero-order chi connectivity index (χ0) is 30.6. The van der Waals surface area contributed by atoms with Gasteiger partial charge >= 0.3 is 0 Å². The van der Waals surface area contributed by atoms with Gasteiger partial charge in [0.2, 0.25) is 5.91 Å². The highest BCUT2D eigenvalue weighted by atomic mass is 16.5. The molecular weight excluding hydrogens is 556 g/mol. The van der Waals surface area contributed by atoms with Gasteiger partial charge in [-0.2, -0.15) is 0 Å². The van der Waals surface area contributed by atoms with Gasteiger partial charge in [0.05, 0.1) is 33.0 Å². The highest BCUT2D eigenvalue weighted by Gasteiger charge is 2.28. The third-order valence-corrected chi connectivity index (χ3v) is 8.48. The molecule has 2 atom stereocenters. The second kappa shape index (κ2) is 16.6. The molecule has 5 rings (SSSR count). The smallest absolute Gasteiger partial charge is 0.227 e. The molecule has 8 heteroatoms. The quantitative estimate of drug-likeness (QED) is 0.223. The van der Waals surface area contributed by atoms with Crippen molar-refractivity contribution in [3.63, 3.8) is 0 Å². The molecule has 2 aliphatic rings. The molecule has 0 unspecified atom stereocenters. The maximum absolute atomic E-state index is 12.7. The number of amides is 1. The lowest BCUT2D eigenvalue weighted by atomic mass is 9.87. The predicted molar refractivity (Wildman–Crippen MR) is 172 cm³/mol. The Morgan fingerprint density at radius 2 is 1.80 bits per heavy atom. The number of carbonyl (C=O) groups excluding carboxylic acids is 1. The minimum Gasteiger partial charge on any atom is -0.496 e. The fourth-order valence-corrected chi connectivity index (χ4v) is 6.10. The fraction of sp³-hybridized carbons (Fsp3) is 0.472. The second-order valence-corrected chi connectivity index (χ2v) is 11.4. The first kappa shape index (κ1) is 32.0. The molecule has 8 nitrogen and oxygen atoms in total. The van der Waals surface area contributed by atoms with Crippen LogP contribution in [0.15, 0.2) is 66.7 Å². The Morgan fingerprint density at radius 3 is 2.64 bits per heavy atom. The van der Waals surface area contributed by atoms with Crippen LogP contribution >= 0.6 is 0 Å². The topological polar surface area (TPSA) is 78.5 Å². The van der Waals surface area contributed by atoms with Gasteiger partial charge in [0, 0.05) is 44.8 Å². The summed E-state index contributed by atoms with van der Waals surface area (Å²) in [6, 6.07) is 22.9. The molecule has 0 radical (unpaired) electrons. The zero-order valence-electron chi connectivity index (χ0n) is 26.1. The standard InChI is InChI=1S/C36H46N2O6/c1-40-20-5-19-38-33-24-27(8-9-29(33)12-15-36(38)39)26-44-35-25-37-18-16-32(35)28-10-13-31(14-11-28)43-23-22-42-21-17-30-6-3-4-7-34(30)41-2/h3-4,6-11,13-14,24,32,35,37H,5,12,15-23,25-26H2,1-2H3/t32-,35+/m1/s1. The van der Waals surface area contributed by atoms with Crippen LogP contribution in [0.5, 0.6) is 11.5 Å². The molecule has 44 heavy (non-hydrogen) atoms. The van der Waals surface area contributed by atoms with Crippen LogP contribution in [0.1, 0.15) is 47.4 Å². The lowest BCUT2D eigenvalue weighted by molar-refractivity contribution is -0.118.